The van der Waals surface area contributed by atoms with Gasteiger partial charge in [-0.15, -0.1) is 0 Å². The summed E-state index contributed by atoms with van der Waals surface area (Å²) in [5.41, 5.74) is 6.74. The lowest BCUT2D eigenvalue weighted by atomic mass is 9.95. The van der Waals surface area contributed by atoms with E-state index in [1.165, 1.54) is 0 Å². The first-order chi connectivity index (χ1) is 14.3. The van der Waals surface area contributed by atoms with Gasteiger partial charge < -0.3 is 25.8 Å². The van der Waals surface area contributed by atoms with E-state index in [-0.39, 0.29) is 18.2 Å². The first-order valence-electron chi connectivity index (χ1n) is 10.2. The number of morpholine rings is 1. The van der Waals surface area contributed by atoms with E-state index in [0.717, 1.165) is 12.0 Å². The van der Waals surface area contributed by atoms with Crippen LogP contribution in [0.2, 0.25) is 0 Å². The van der Waals surface area contributed by atoms with Gasteiger partial charge in [0.1, 0.15) is 17.8 Å². The van der Waals surface area contributed by atoms with E-state index in [1.54, 1.807) is 29.2 Å². The Kier molecular flexibility index (Phi) is 8.79. The van der Waals surface area contributed by atoms with E-state index in [4.69, 9.17) is 15.9 Å². The Morgan fingerprint density at radius 1 is 1.23 bits per heavy atom. The van der Waals surface area contributed by atoms with Crippen LogP contribution in [-0.4, -0.2) is 66.0 Å². The van der Waals surface area contributed by atoms with E-state index in [1.807, 2.05) is 6.92 Å². The lowest BCUT2D eigenvalue weighted by Crippen LogP contribution is -2.51. The summed E-state index contributed by atoms with van der Waals surface area (Å²) in [7, 11) is 0. The number of amides is 2. The van der Waals surface area contributed by atoms with Crippen LogP contribution in [0.1, 0.15) is 37.3 Å². The summed E-state index contributed by atoms with van der Waals surface area (Å²) < 4.78 is 5.28. The zero-order valence-corrected chi connectivity index (χ0v) is 17.2. The number of benzene rings is 1. The Balaban J connectivity index is 2.20. The molecule has 1 heterocycles. The molecule has 0 bridgehead atoms. The van der Waals surface area contributed by atoms with E-state index in [9.17, 15) is 19.5 Å². The molecule has 0 unspecified atom stereocenters. The van der Waals surface area contributed by atoms with Gasteiger partial charge in [-0.05, 0) is 18.4 Å². The Labute approximate surface area is 176 Å². The second-order valence-corrected chi connectivity index (χ2v) is 7.35. The summed E-state index contributed by atoms with van der Waals surface area (Å²) in [6.45, 7) is 3.54. The van der Waals surface area contributed by atoms with Crippen molar-refractivity contribution in [1.29, 1.82) is 5.41 Å². The molecule has 5 N–H and O–H groups in total. The fourth-order valence-electron chi connectivity index (χ4n) is 3.29. The molecule has 2 amide bonds. The molecule has 1 aromatic carbocycles. The maximum atomic E-state index is 13.1. The molecule has 1 saturated heterocycles. The van der Waals surface area contributed by atoms with Gasteiger partial charge in [0.05, 0.1) is 13.2 Å². The van der Waals surface area contributed by atoms with Crippen molar-refractivity contribution in [3.63, 3.8) is 0 Å². The number of nitrogens with two attached hydrogens (primary N) is 1. The van der Waals surface area contributed by atoms with Crippen LogP contribution in [0.5, 0.6) is 0 Å². The van der Waals surface area contributed by atoms with E-state index >= 15 is 0 Å². The number of hydrogen-bond donors (Lipinski definition) is 4. The molecule has 1 aromatic rings. The molecular weight excluding hydrogens is 388 g/mol. The molecule has 9 heteroatoms. The SMILES string of the molecule is CCCC[C@H](NC(=O)[C@@H](Cc1ccc(C(=N)N)cc1)C(=O)N1CCOCC1)C(=O)O. The predicted molar refractivity (Wildman–Crippen MR) is 111 cm³/mol. The van der Waals surface area contributed by atoms with Gasteiger partial charge in [-0.25, -0.2) is 4.79 Å². The minimum Gasteiger partial charge on any atom is -0.480 e. The van der Waals surface area contributed by atoms with Crippen LogP contribution < -0.4 is 11.1 Å². The molecule has 1 aliphatic heterocycles. The van der Waals surface area contributed by atoms with E-state index in [2.05, 4.69) is 5.32 Å². The molecular formula is C21H30N4O5. The Hall–Kier alpha value is -2.94. The van der Waals surface area contributed by atoms with Gasteiger partial charge in [0, 0.05) is 18.7 Å². The standard InChI is InChI=1S/C21H30N4O5/c1-2-3-4-17(21(28)29)24-19(26)16(20(27)25-9-11-30-12-10-25)13-14-5-7-15(8-6-14)18(22)23/h5-8,16-17H,2-4,9-13H2,1H3,(H3,22,23)(H,24,26)(H,28,29)/t16-,17+/m1/s1. The van der Waals surface area contributed by atoms with Gasteiger partial charge in [-0.2, -0.15) is 0 Å². The van der Waals surface area contributed by atoms with Crippen molar-refractivity contribution < 1.29 is 24.2 Å². The fraction of sp³-hybridized carbons (Fsp3) is 0.524. The molecule has 2 atom stereocenters. The Morgan fingerprint density at radius 2 is 1.87 bits per heavy atom. The van der Waals surface area contributed by atoms with Gasteiger partial charge in [-0.1, -0.05) is 44.0 Å². The van der Waals surface area contributed by atoms with Crippen LogP contribution in [0.4, 0.5) is 0 Å². The molecule has 0 spiro atoms. The van der Waals surface area contributed by atoms with Crippen molar-refractivity contribution in [2.75, 3.05) is 26.3 Å². The van der Waals surface area contributed by atoms with Crippen LogP contribution in [0.25, 0.3) is 0 Å². The second kappa shape index (κ2) is 11.3. The van der Waals surface area contributed by atoms with Crippen molar-refractivity contribution >= 4 is 23.6 Å². The first-order valence-corrected chi connectivity index (χ1v) is 10.2. The summed E-state index contributed by atoms with van der Waals surface area (Å²) >= 11 is 0. The number of carboxylic acids is 1. The molecule has 0 saturated carbocycles. The number of amidine groups is 1. The number of nitrogens with zero attached hydrogens (tertiary/aromatic N) is 1. The summed E-state index contributed by atoms with van der Waals surface area (Å²) in [6, 6.07) is 5.72. The number of hydrogen-bond acceptors (Lipinski definition) is 5. The number of carboxylic acid groups (broad SMARTS) is 1. The van der Waals surface area contributed by atoms with Crippen molar-refractivity contribution in [2.45, 2.75) is 38.6 Å². The average Bonchev–Trinajstić information content (AvgIpc) is 2.75. The van der Waals surface area contributed by atoms with E-state index in [0.29, 0.717) is 44.7 Å². The lowest BCUT2D eigenvalue weighted by molar-refractivity contribution is -0.148. The van der Waals surface area contributed by atoms with Crippen LogP contribution in [0.15, 0.2) is 24.3 Å². The third-order valence-corrected chi connectivity index (χ3v) is 5.10. The number of ether oxygens (including phenoxy) is 1. The predicted octanol–water partition coefficient (Wildman–Crippen LogP) is 0.748. The fourth-order valence-corrected chi connectivity index (χ4v) is 3.29. The molecule has 30 heavy (non-hydrogen) atoms. The van der Waals surface area contributed by atoms with Gasteiger partial charge in [0.25, 0.3) is 0 Å². The summed E-state index contributed by atoms with van der Waals surface area (Å²) in [6.07, 6.45) is 1.90. The number of carbonyl (C=O) groups excluding carboxylic acids is 2. The largest absolute Gasteiger partial charge is 0.480 e. The maximum Gasteiger partial charge on any atom is 0.326 e. The second-order valence-electron chi connectivity index (χ2n) is 7.35. The van der Waals surface area contributed by atoms with Crippen molar-refractivity contribution in [3.05, 3.63) is 35.4 Å². The molecule has 0 aliphatic carbocycles. The summed E-state index contributed by atoms with van der Waals surface area (Å²) in [5, 5.41) is 19.5. The Bertz CT molecular complexity index is 759. The van der Waals surface area contributed by atoms with Gasteiger partial charge >= 0.3 is 5.97 Å². The first kappa shape index (κ1) is 23.3. The lowest BCUT2D eigenvalue weighted by Gasteiger charge is -2.30. The molecule has 1 fully saturated rings. The number of unbranched alkanes of at least 4 members (excludes halogenated alkanes) is 1. The average molecular weight is 418 g/mol. The van der Waals surface area contributed by atoms with Crippen LogP contribution >= 0.6 is 0 Å². The third-order valence-electron chi connectivity index (χ3n) is 5.10. The topological polar surface area (TPSA) is 146 Å². The molecule has 2 rings (SSSR count). The van der Waals surface area contributed by atoms with Gasteiger partial charge in [0.15, 0.2) is 0 Å². The van der Waals surface area contributed by atoms with Crippen molar-refractivity contribution in [3.8, 4) is 0 Å². The molecule has 0 aromatic heterocycles. The number of aliphatic carboxylic acids is 1. The van der Waals surface area contributed by atoms with Gasteiger partial charge in [-0.3, -0.25) is 15.0 Å². The highest BCUT2D eigenvalue weighted by atomic mass is 16.5. The number of nitrogens with one attached hydrogen (secondary N) is 2. The highest BCUT2D eigenvalue weighted by molar-refractivity contribution is 6.01. The van der Waals surface area contributed by atoms with E-state index < -0.39 is 23.8 Å². The highest BCUT2D eigenvalue weighted by Crippen LogP contribution is 2.16. The number of rotatable bonds is 10. The molecule has 0 radical (unpaired) electrons. The Morgan fingerprint density at radius 3 is 2.40 bits per heavy atom. The van der Waals surface area contributed by atoms with Crippen LogP contribution in [0, 0.1) is 11.3 Å². The van der Waals surface area contributed by atoms with Crippen LogP contribution in [0.3, 0.4) is 0 Å². The highest BCUT2D eigenvalue weighted by Gasteiger charge is 2.34. The van der Waals surface area contributed by atoms with Crippen molar-refractivity contribution in [2.24, 2.45) is 11.7 Å². The third kappa shape index (κ3) is 6.55. The molecule has 164 valence electrons. The minimum atomic E-state index is -1.11. The quantitative estimate of drug-likeness (QED) is 0.251. The van der Waals surface area contributed by atoms with Crippen molar-refractivity contribution in [1.82, 2.24) is 10.2 Å². The zero-order valence-electron chi connectivity index (χ0n) is 17.2. The zero-order chi connectivity index (χ0) is 22.1. The summed E-state index contributed by atoms with van der Waals surface area (Å²) in [4.78, 5) is 39.2. The summed E-state index contributed by atoms with van der Waals surface area (Å²) in [5.74, 6) is -3.16. The maximum absolute atomic E-state index is 13.1. The normalized spacial score (nSPS) is 15.8. The minimum absolute atomic E-state index is 0.0690. The number of nitrogen functional groups attached to an aromatic ring is 1. The molecule has 1 aliphatic rings. The smallest absolute Gasteiger partial charge is 0.326 e. The van der Waals surface area contributed by atoms with Gasteiger partial charge in [0.2, 0.25) is 11.8 Å². The number of carbonyl (C=O) groups is 3. The molecule has 9 nitrogen and oxygen atoms in total. The van der Waals surface area contributed by atoms with Crippen LogP contribution in [-0.2, 0) is 25.5 Å². The monoisotopic (exact) mass is 418 g/mol.